The molecule has 2 rings (SSSR count). The molecule has 0 radical (unpaired) electrons. The van der Waals surface area contributed by atoms with E-state index in [0.29, 0.717) is 24.4 Å². The van der Waals surface area contributed by atoms with Gasteiger partial charge >= 0.3 is 0 Å². The quantitative estimate of drug-likeness (QED) is 0.710. The van der Waals surface area contributed by atoms with Gasteiger partial charge in [-0.2, -0.15) is 0 Å². The molecular weight excluding hydrogens is 244 g/mol. The molecule has 0 saturated carbocycles. The van der Waals surface area contributed by atoms with Crippen LogP contribution in [0.4, 0.5) is 5.82 Å². The van der Waals surface area contributed by atoms with Crippen LogP contribution in [0, 0.1) is 0 Å². The average Bonchev–Trinajstić information content (AvgIpc) is 2.70. The number of rotatable bonds is 5. The first kappa shape index (κ1) is 11.7. The molecule has 2 aromatic heterocycles. The third kappa shape index (κ3) is 3.34. The Balaban J connectivity index is 1.90. The number of fused-ring (bicyclic) bond motifs is 1. The summed E-state index contributed by atoms with van der Waals surface area (Å²) in [6.07, 6.45) is 1.76. The zero-order valence-corrected chi connectivity index (χ0v) is 10.1. The number of tetrazole rings is 1. The molecule has 0 atom stereocenters. The zero-order chi connectivity index (χ0) is 12.3. The maximum Gasteiger partial charge on any atom is 0.200 e. The van der Waals surface area contributed by atoms with Crippen LogP contribution in [0.3, 0.4) is 0 Å². The third-order valence-corrected chi connectivity index (χ3v) is 3.10. The van der Waals surface area contributed by atoms with Crippen LogP contribution in [-0.2, 0) is 9.84 Å². The highest BCUT2D eigenvalue weighted by Gasteiger charge is 2.02. The van der Waals surface area contributed by atoms with Crippen molar-refractivity contribution in [3.8, 4) is 0 Å². The second kappa shape index (κ2) is 4.62. The van der Waals surface area contributed by atoms with Crippen LogP contribution in [0.5, 0.6) is 0 Å². The van der Waals surface area contributed by atoms with Crippen LogP contribution >= 0.6 is 0 Å². The molecule has 0 aromatic carbocycles. The molecule has 9 heteroatoms. The Kier molecular flexibility index (Phi) is 3.18. The van der Waals surface area contributed by atoms with Gasteiger partial charge in [0.2, 0.25) is 0 Å². The molecule has 0 bridgehead atoms. The van der Waals surface area contributed by atoms with E-state index in [1.54, 1.807) is 12.1 Å². The molecular formula is C8H12N6O2S. The van der Waals surface area contributed by atoms with Crippen LogP contribution in [0.25, 0.3) is 5.65 Å². The summed E-state index contributed by atoms with van der Waals surface area (Å²) in [5, 5.41) is 17.9. The van der Waals surface area contributed by atoms with E-state index >= 15 is 0 Å². The molecule has 0 amide bonds. The Labute approximate surface area is 97.9 Å². The topological polar surface area (TPSA) is 102 Å². The fourth-order valence-electron chi connectivity index (χ4n) is 1.29. The minimum absolute atomic E-state index is 0.160. The average molecular weight is 256 g/mol. The zero-order valence-electron chi connectivity index (χ0n) is 9.24. The summed E-state index contributed by atoms with van der Waals surface area (Å²) >= 11 is 0. The number of anilines is 1. The standard InChI is InChI=1S/C8H12N6O2S/c1-17(15,16)6-2-5-9-7-3-4-8-10-12-13-14(8)11-7/h3-4H,2,5-6H2,1H3,(H,9,11). The maximum atomic E-state index is 10.9. The summed E-state index contributed by atoms with van der Waals surface area (Å²) in [6, 6.07) is 3.47. The van der Waals surface area contributed by atoms with E-state index in [2.05, 4.69) is 25.9 Å². The summed E-state index contributed by atoms with van der Waals surface area (Å²) in [7, 11) is -2.90. The largest absolute Gasteiger partial charge is 0.369 e. The van der Waals surface area contributed by atoms with Crippen LogP contribution in [0.1, 0.15) is 6.42 Å². The number of aromatic nitrogens is 5. The van der Waals surface area contributed by atoms with E-state index in [-0.39, 0.29) is 5.75 Å². The van der Waals surface area contributed by atoms with Crippen molar-refractivity contribution in [2.24, 2.45) is 0 Å². The normalized spacial score (nSPS) is 11.8. The minimum Gasteiger partial charge on any atom is -0.369 e. The van der Waals surface area contributed by atoms with Gasteiger partial charge in [-0.25, -0.2) is 8.42 Å². The SMILES string of the molecule is CS(=O)(=O)CCCNc1ccc2nnnn2n1. The molecule has 17 heavy (non-hydrogen) atoms. The monoisotopic (exact) mass is 256 g/mol. The predicted octanol–water partition coefficient (Wildman–Crippen LogP) is -0.634. The van der Waals surface area contributed by atoms with Crippen LogP contribution < -0.4 is 5.32 Å². The van der Waals surface area contributed by atoms with Crippen LogP contribution in [-0.4, -0.2) is 52.2 Å². The lowest BCUT2D eigenvalue weighted by atomic mass is 10.4. The van der Waals surface area contributed by atoms with Gasteiger partial charge in [-0.05, 0) is 29.0 Å². The Morgan fingerprint density at radius 3 is 3.00 bits per heavy atom. The number of hydrogen-bond acceptors (Lipinski definition) is 7. The number of hydrogen-bond donors (Lipinski definition) is 1. The molecule has 2 aromatic rings. The highest BCUT2D eigenvalue weighted by atomic mass is 32.2. The number of nitrogens with zero attached hydrogens (tertiary/aromatic N) is 5. The fourth-order valence-corrected chi connectivity index (χ4v) is 1.96. The second-order valence-electron chi connectivity index (χ2n) is 3.66. The van der Waals surface area contributed by atoms with Gasteiger partial charge in [-0.1, -0.05) is 0 Å². The van der Waals surface area contributed by atoms with Crippen molar-refractivity contribution in [1.82, 2.24) is 25.3 Å². The van der Waals surface area contributed by atoms with E-state index in [0.717, 1.165) is 0 Å². The van der Waals surface area contributed by atoms with Crippen molar-refractivity contribution in [2.75, 3.05) is 23.9 Å². The van der Waals surface area contributed by atoms with Gasteiger partial charge in [-0.15, -0.1) is 14.8 Å². The van der Waals surface area contributed by atoms with Crippen molar-refractivity contribution in [1.29, 1.82) is 0 Å². The molecule has 2 heterocycles. The summed E-state index contributed by atoms with van der Waals surface area (Å²) in [4.78, 5) is 0. The molecule has 8 nitrogen and oxygen atoms in total. The summed E-state index contributed by atoms with van der Waals surface area (Å²) < 4.78 is 23.1. The molecule has 0 aliphatic rings. The van der Waals surface area contributed by atoms with E-state index < -0.39 is 9.84 Å². The summed E-state index contributed by atoms with van der Waals surface area (Å²) in [6.45, 7) is 0.535. The second-order valence-corrected chi connectivity index (χ2v) is 5.92. The first-order valence-corrected chi connectivity index (χ1v) is 7.08. The first-order chi connectivity index (χ1) is 8.04. The lowest BCUT2D eigenvalue weighted by Crippen LogP contribution is -2.11. The Hall–Kier alpha value is -1.77. The van der Waals surface area contributed by atoms with Gasteiger partial charge < -0.3 is 5.32 Å². The molecule has 0 saturated heterocycles. The van der Waals surface area contributed by atoms with Crippen LogP contribution in [0.2, 0.25) is 0 Å². The van der Waals surface area contributed by atoms with Crippen molar-refractivity contribution in [3.05, 3.63) is 12.1 Å². The Bertz CT molecular complexity index is 607. The highest BCUT2D eigenvalue weighted by molar-refractivity contribution is 7.90. The molecule has 0 aliphatic carbocycles. The molecule has 92 valence electrons. The van der Waals surface area contributed by atoms with Gasteiger partial charge in [0.05, 0.1) is 5.75 Å². The van der Waals surface area contributed by atoms with E-state index in [4.69, 9.17) is 0 Å². The number of sulfone groups is 1. The molecule has 1 N–H and O–H groups in total. The van der Waals surface area contributed by atoms with E-state index in [9.17, 15) is 8.42 Å². The summed E-state index contributed by atoms with van der Waals surface area (Å²) in [5.74, 6) is 0.769. The molecule has 0 fully saturated rings. The Morgan fingerprint density at radius 2 is 2.24 bits per heavy atom. The van der Waals surface area contributed by atoms with Gasteiger partial charge in [0.1, 0.15) is 15.7 Å². The fraction of sp³-hybridized carbons (Fsp3) is 0.500. The van der Waals surface area contributed by atoms with Gasteiger partial charge in [0.15, 0.2) is 5.65 Å². The van der Waals surface area contributed by atoms with Gasteiger partial charge in [0.25, 0.3) is 0 Å². The maximum absolute atomic E-state index is 10.9. The lowest BCUT2D eigenvalue weighted by Gasteiger charge is -2.03. The van der Waals surface area contributed by atoms with Crippen molar-refractivity contribution >= 4 is 21.3 Å². The molecule has 0 spiro atoms. The molecule has 0 unspecified atom stereocenters. The smallest absolute Gasteiger partial charge is 0.200 e. The number of nitrogens with one attached hydrogen (secondary N) is 1. The van der Waals surface area contributed by atoms with Crippen LogP contribution in [0.15, 0.2) is 12.1 Å². The summed E-state index contributed by atoms with van der Waals surface area (Å²) in [5.41, 5.74) is 0.562. The highest BCUT2D eigenvalue weighted by Crippen LogP contribution is 2.03. The van der Waals surface area contributed by atoms with Crippen molar-refractivity contribution in [3.63, 3.8) is 0 Å². The Morgan fingerprint density at radius 1 is 1.41 bits per heavy atom. The predicted molar refractivity (Wildman–Crippen MR) is 61.4 cm³/mol. The molecule has 0 aliphatic heterocycles. The first-order valence-electron chi connectivity index (χ1n) is 5.02. The van der Waals surface area contributed by atoms with Crippen molar-refractivity contribution < 1.29 is 8.42 Å². The van der Waals surface area contributed by atoms with Gasteiger partial charge in [-0.3, -0.25) is 0 Å². The minimum atomic E-state index is -2.90. The van der Waals surface area contributed by atoms with E-state index in [1.807, 2.05) is 0 Å². The lowest BCUT2D eigenvalue weighted by molar-refractivity contribution is 0.600. The third-order valence-electron chi connectivity index (χ3n) is 2.07. The van der Waals surface area contributed by atoms with Crippen molar-refractivity contribution in [2.45, 2.75) is 6.42 Å². The van der Waals surface area contributed by atoms with E-state index in [1.165, 1.54) is 10.9 Å². The van der Waals surface area contributed by atoms with Gasteiger partial charge in [0, 0.05) is 12.8 Å².